The predicted molar refractivity (Wildman–Crippen MR) is 94.3 cm³/mol. The summed E-state index contributed by atoms with van der Waals surface area (Å²) in [5, 5.41) is 6.32. The fraction of sp³-hybridized carbons (Fsp3) is 0.222. The second-order valence-corrected chi connectivity index (χ2v) is 5.65. The Labute approximate surface area is 146 Å². The second kappa shape index (κ2) is 8.36. The van der Waals surface area contributed by atoms with E-state index in [1.165, 1.54) is 0 Å². The quantitative estimate of drug-likeness (QED) is 0.786. The number of rotatable bonds is 6. The Morgan fingerprint density at radius 3 is 2.46 bits per heavy atom. The molecule has 24 heavy (non-hydrogen) atoms. The summed E-state index contributed by atoms with van der Waals surface area (Å²) in [5.74, 6) is -0.915. The van der Waals surface area contributed by atoms with E-state index in [4.69, 9.17) is 16.3 Å². The van der Waals surface area contributed by atoms with Crippen molar-refractivity contribution in [3.05, 3.63) is 64.7 Å². The number of nitrogens with one attached hydrogen (secondary N) is 2. The van der Waals surface area contributed by atoms with Crippen molar-refractivity contribution in [2.75, 3.05) is 19.0 Å². The highest BCUT2D eigenvalue weighted by molar-refractivity contribution is 6.30. The molecule has 5 nitrogen and oxygen atoms in total. The van der Waals surface area contributed by atoms with E-state index >= 15 is 0 Å². The molecule has 1 amide bonds. The van der Waals surface area contributed by atoms with Gasteiger partial charge in [0.25, 0.3) is 5.91 Å². The average Bonchev–Trinajstić information content (AvgIpc) is 2.60. The lowest BCUT2D eigenvalue weighted by Gasteiger charge is -2.15. The molecule has 126 valence electrons. The summed E-state index contributed by atoms with van der Waals surface area (Å²) in [6, 6.07) is 13.9. The van der Waals surface area contributed by atoms with Gasteiger partial charge in [0.1, 0.15) is 0 Å². The van der Waals surface area contributed by atoms with Crippen LogP contribution in [0.2, 0.25) is 5.02 Å². The van der Waals surface area contributed by atoms with Crippen molar-refractivity contribution < 1.29 is 14.3 Å². The number of hydrogen-bond donors (Lipinski definition) is 2. The Kier molecular flexibility index (Phi) is 6.21. The highest BCUT2D eigenvalue weighted by Crippen LogP contribution is 2.17. The summed E-state index contributed by atoms with van der Waals surface area (Å²) in [7, 11) is 1.71. The van der Waals surface area contributed by atoms with Crippen molar-refractivity contribution in [3.8, 4) is 0 Å². The van der Waals surface area contributed by atoms with Gasteiger partial charge in [-0.15, -0.1) is 0 Å². The van der Waals surface area contributed by atoms with Gasteiger partial charge in [0.05, 0.1) is 11.6 Å². The Morgan fingerprint density at radius 2 is 1.79 bits per heavy atom. The molecule has 0 saturated carbocycles. The van der Waals surface area contributed by atoms with E-state index in [2.05, 4.69) is 10.6 Å². The van der Waals surface area contributed by atoms with Crippen LogP contribution in [0, 0.1) is 0 Å². The number of hydrogen-bond acceptors (Lipinski definition) is 4. The summed E-state index contributed by atoms with van der Waals surface area (Å²) >= 11 is 5.84. The minimum atomic E-state index is -0.547. The Balaban J connectivity index is 1.88. The van der Waals surface area contributed by atoms with E-state index in [-0.39, 0.29) is 18.6 Å². The molecule has 0 aliphatic heterocycles. The number of para-hydroxylation sites is 1. The normalized spacial score (nSPS) is 11.5. The van der Waals surface area contributed by atoms with Gasteiger partial charge in [-0.25, -0.2) is 4.79 Å². The zero-order chi connectivity index (χ0) is 17.5. The van der Waals surface area contributed by atoms with Crippen LogP contribution in [-0.2, 0) is 9.53 Å². The first kappa shape index (κ1) is 17.8. The van der Waals surface area contributed by atoms with Gasteiger partial charge >= 0.3 is 5.97 Å². The lowest BCUT2D eigenvalue weighted by molar-refractivity contribution is -0.124. The van der Waals surface area contributed by atoms with Gasteiger partial charge in [-0.05, 0) is 36.8 Å². The van der Waals surface area contributed by atoms with Gasteiger partial charge in [-0.1, -0.05) is 35.9 Å². The van der Waals surface area contributed by atoms with Crippen LogP contribution < -0.4 is 10.6 Å². The van der Waals surface area contributed by atoms with Crippen LogP contribution in [-0.4, -0.2) is 25.5 Å². The molecule has 2 rings (SSSR count). The van der Waals surface area contributed by atoms with Crippen molar-refractivity contribution in [3.63, 3.8) is 0 Å². The molecular weight excluding hydrogens is 328 g/mol. The third-order valence-corrected chi connectivity index (χ3v) is 3.75. The summed E-state index contributed by atoms with van der Waals surface area (Å²) < 4.78 is 5.08. The van der Waals surface area contributed by atoms with Gasteiger partial charge in [-0.2, -0.15) is 0 Å². The number of amides is 1. The molecule has 0 heterocycles. The summed E-state index contributed by atoms with van der Waals surface area (Å²) in [4.78, 5) is 24.0. The number of halogens is 1. The SMILES string of the molecule is CNc1ccccc1C(=O)OCC(=O)N[C@H](C)c1ccc(Cl)cc1. The van der Waals surface area contributed by atoms with Crippen LogP contribution in [0.4, 0.5) is 5.69 Å². The van der Waals surface area contributed by atoms with E-state index in [0.717, 1.165) is 5.56 Å². The third-order valence-electron chi connectivity index (χ3n) is 3.50. The molecule has 2 N–H and O–H groups in total. The first-order valence-corrected chi connectivity index (χ1v) is 7.87. The minimum absolute atomic E-state index is 0.210. The Morgan fingerprint density at radius 1 is 1.12 bits per heavy atom. The standard InChI is InChI=1S/C18H19ClN2O3/c1-12(13-7-9-14(19)10-8-13)21-17(22)11-24-18(23)15-5-3-4-6-16(15)20-2/h3-10,12,20H,11H2,1-2H3,(H,21,22)/t12-/m1/s1. The summed E-state index contributed by atoms with van der Waals surface area (Å²) in [6.45, 7) is 1.51. The molecule has 2 aromatic rings. The molecule has 1 atom stereocenters. The van der Waals surface area contributed by atoms with Crippen molar-refractivity contribution in [2.45, 2.75) is 13.0 Å². The lowest BCUT2D eigenvalue weighted by Crippen LogP contribution is -2.31. The van der Waals surface area contributed by atoms with Crippen LogP contribution in [0.5, 0.6) is 0 Å². The van der Waals surface area contributed by atoms with Crippen LogP contribution in [0.25, 0.3) is 0 Å². The van der Waals surface area contributed by atoms with Crippen LogP contribution in [0.15, 0.2) is 48.5 Å². The molecule has 0 aliphatic carbocycles. The van der Waals surface area contributed by atoms with E-state index < -0.39 is 5.97 Å². The van der Waals surface area contributed by atoms with Gasteiger partial charge < -0.3 is 15.4 Å². The maximum Gasteiger partial charge on any atom is 0.340 e. The molecule has 0 saturated heterocycles. The molecule has 6 heteroatoms. The van der Waals surface area contributed by atoms with Crippen molar-refractivity contribution in [1.82, 2.24) is 5.32 Å². The zero-order valence-corrected chi connectivity index (χ0v) is 14.3. The van der Waals surface area contributed by atoms with E-state index in [0.29, 0.717) is 16.3 Å². The first-order valence-electron chi connectivity index (χ1n) is 7.50. The van der Waals surface area contributed by atoms with Gasteiger partial charge in [0.15, 0.2) is 6.61 Å². The van der Waals surface area contributed by atoms with Crippen LogP contribution in [0.1, 0.15) is 28.9 Å². The molecule has 0 fully saturated rings. The number of anilines is 1. The summed E-state index contributed by atoms with van der Waals surface area (Å²) in [6.07, 6.45) is 0. The van der Waals surface area contributed by atoms with Crippen LogP contribution in [0.3, 0.4) is 0 Å². The monoisotopic (exact) mass is 346 g/mol. The maximum atomic E-state index is 12.1. The topological polar surface area (TPSA) is 67.4 Å². The largest absolute Gasteiger partial charge is 0.452 e. The third kappa shape index (κ3) is 4.73. The zero-order valence-electron chi connectivity index (χ0n) is 13.5. The van der Waals surface area contributed by atoms with Crippen LogP contribution >= 0.6 is 11.6 Å². The molecule has 0 aromatic heterocycles. The molecule has 2 aromatic carbocycles. The van der Waals surface area contributed by atoms with Crippen molar-refractivity contribution in [1.29, 1.82) is 0 Å². The molecule has 0 radical (unpaired) electrons. The molecule has 0 spiro atoms. The number of carbonyl (C=O) groups excluding carboxylic acids is 2. The minimum Gasteiger partial charge on any atom is -0.452 e. The Hall–Kier alpha value is -2.53. The summed E-state index contributed by atoms with van der Waals surface area (Å²) in [5.41, 5.74) is 1.95. The van der Waals surface area contributed by atoms with Gasteiger partial charge in [-0.3, -0.25) is 4.79 Å². The molecular formula is C18H19ClN2O3. The fourth-order valence-corrected chi connectivity index (χ4v) is 2.33. The first-order chi connectivity index (χ1) is 11.5. The number of carbonyl (C=O) groups is 2. The van der Waals surface area contributed by atoms with Gasteiger partial charge in [0, 0.05) is 17.8 Å². The predicted octanol–water partition coefficient (Wildman–Crippen LogP) is 3.42. The number of esters is 1. The number of benzene rings is 2. The van der Waals surface area contributed by atoms with Gasteiger partial charge in [0.2, 0.25) is 0 Å². The van der Waals surface area contributed by atoms with Crippen molar-refractivity contribution in [2.24, 2.45) is 0 Å². The molecule has 0 bridgehead atoms. The van der Waals surface area contributed by atoms with E-state index in [9.17, 15) is 9.59 Å². The average molecular weight is 347 g/mol. The fourth-order valence-electron chi connectivity index (χ4n) is 2.21. The Bertz CT molecular complexity index is 716. The van der Waals surface area contributed by atoms with E-state index in [1.54, 1.807) is 37.4 Å². The van der Waals surface area contributed by atoms with Crippen molar-refractivity contribution >= 4 is 29.2 Å². The smallest absolute Gasteiger partial charge is 0.340 e. The second-order valence-electron chi connectivity index (χ2n) is 5.21. The number of ether oxygens (including phenoxy) is 1. The molecule has 0 unspecified atom stereocenters. The highest BCUT2D eigenvalue weighted by atomic mass is 35.5. The molecule has 0 aliphatic rings. The highest BCUT2D eigenvalue weighted by Gasteiger charge is 2.15. The lowest BCUT2D eigenvalue weighted by atomic mass is 10.1. The maximum absolute atomic E-state index is 12.1. The van der Waals surface area contributed by atoms with E-state index in [1.807, 2.05) is 25.1 Å².